The molecule has 0 fully saturated rings. The first-order valence-electron chi connectivity index (χ1n) is 4.10. The third kappa shape index (κ3) is 2.76. The van der Waals surface area contributed by atoms with Crippen molar-refractivity contribution in [2.75, 3.05) is 0 Å². The second-order valence-electron chi connectivity index (χ2n) is 2.71. The first-order valence-corrected chi connectivity index (χ1v) is 4.10. The molecule has 1 N–H and O–H groups in total. The van der Waals surface area contributed by atoms with Gasteiger partial charge < -0.3 is 5.11 Å². The standard InChI is InChI=1S/C11H9NO2/c12-8-7-10-4-2-1-3-9(10)5-6-11(13)14/h1-6H,7H2,(H,13,14). The topological polar surface area (TPSA) is 61.1 Å². The Kier molecular flexibility index (Phi) is 3.45. The molecule has 0 unspecified atom stereocenters. The zero-order valence-electron chi connectivity index (χ0n) is 7.47. The van der Waals surface area contributed by atoms with Crippen LogP contribution in [0.1, 0.15) is 11.1 Å². The van der Waals surface area contributed by atoms with Gasteiger partial charge in [-0.2, -0.15) is 5.26 Å². The summed E-state index contributed by atoms with van der Waals surface area (Å²) in [7, 11) is 0. The zero-order valence-corrected chi connectivity index (χ0v) is 7.47. The van der Waals surface area contributed by atoms with Gasteiger partial charge in [-0.3, -0.25) is 0 Å². The van der Waals surface area contributed by atoms with Crippen molar-refractivity contribution >= 4 is 12.0 Å². The van der Waals surface area contributed by atoms with E-state index in [0.29, 0.717) is 6.42 Å². The lowest BCUT2D eigenvalue weighted by Crippen LogP contribution is -1.89. The maximum atomic E-state index is 10.3. The maximum absolute atomic E-state index is 10.3. The summed E-state index contributed by atoms with van der Waals surface area (Å²) in [5.74, 6) is -0.989. The number of carboxylic acids is 1. The molecule has 0 heterocycles. The molecule has 70 valence electrons. The van der Waals surface area contributed by atoms with E-state index in [-0.39, 0.29) is 0 Å². The minimum absolute atomic E-state index is 0.292. The van der Waals surface area contributed by atoms with E-state index in [4.69, 9.17) is 10.4 Å². The van der Waals surface area contributed by atoms with Crippen LogP contribution in [0.5, 0.6) is 0 Å². The van der Waals surface area contributed by atoms with E-state index in [2.05, 4.69) is 0 Å². The van der Waals surface area contributed by atoms with Gasteiger partial charge in [0, 0.05) is 6.08 Å². The van der Waals surface area contributed by atoms with Crippen LogP contribution in [0.15, 0.2) is 30.3 Å². The van der Waals surface area contributed by atoms with Crippen molar-refractivity contribution < 1.29 is 9.90 Å². The van der Waals surface area contributed by atoms with Gasteiger partial charge in [0.1, 0.15) is 0 Å². The number of carboxylic acid groups (broad SMARTS) is 1. The molecule has 0 bridgehead atoms. The fourth-order valence-electron chi connectivity index (χ4n) is 1.10. The summed E-state index contributed by atoms with van der Waals surface area (Å²) < 4.78 is 0. The van der Waals surface area contributed by atoms with Crippen molar-refractivity contribution in [3.63, 3.8) is 0 Å². The third-order valence-corrected chi connectivity index (χ3v) is 1.73. The molecule has 1 aromatic rings. The minimum atomic E-state index is -0.989. The van der Waals surface area contributed by atoms with E-state index in [1.165, 1.54) is 6.08 Å². The van der Waals surface area contributed by atoms with Crippen molar-refractivity contribution in [1.29, 1.82) is 5.26 Å². The number of nitrogens with zero attached hydrogens (tertiary/aromatic N) is 1. The van der Waals surface area contributed by atoms with E-state index >= 15 is 0 Å². The SMILES string of the molecule is N#CCc1ccccc1C=CC(=O)O. The predicted octanol–water partition coefficient (Wildman–Crippen LogP) is 1.85. The normalized spacial score (nSPS) is 9.93. The number of rotatable bonds is 3. The van der Waals surface area contributed by atoms with Crippen molar-refractivity contribution in [3.05, 3.63) is 41.5 Å². The van der Waals surface area contributed by atoms with Gasteiger partial charge >= 0.3 is 5.97 Å². The van der Waals surface area contributed by atoms with Gasteiger partial charge in [0.15, 0.2) is 0 Å². The fraction of sp³-hybridized carbons (Fsp3) is 0.0909. The van der Waals surface area contributed by atoms with E-state index in [1.54, 1.807) is 6.07 Å². The molecule has 0 aliphatic carbocycles. The molecule has 0 spiro atoms. The fourth-order valence-corrected chi connectivity index (χ4v) is 1.10. The lowest BCUT2D eigenvalue weighted by Gasteiger charge is -1.99. The summed E-state index contributed by atoms with van der Waals surface area (Å²) in [6.45, 7) is 0. The van der Waals surface area contributed by atoms with Crippen molar-refractivity contribution in [1.82, 2.24) is 0 Å². The Labute approximate surface area is 81.9 Å². The molecule has 0 aliphatic rings. The van der Waals surface area contributed by atoms with Crippen molar-refractivity contribution in [3.8, 4) is 6.07 Å². The number of aliphatic carboxylic acids is 1. The van der Waals surface area contributed by atoms with E-state index in [1.807, 2.05) is 24.3 Å². The van der Waals surface area contributed by atoms with Crippen LogP contribution in [0, 0.1) is 11.3 Å². The molecule has 0 saturated heterocycles. The Balaban J connectivity index is 2.96. The molecule has 3 heteroatoms. The van der Waals surface area contributed by atoms with Crippen LogP contribution in [0.2, 0.25) is 0 Å². The molecule has 0 atom stereocenters. The van der Waals surface area contributed by atoms with E-state index in [9.17, 15) is 4.79 Å². The van der Waals surface area contributed by atoms with Gasteiger partial charge in [-0.05, 0) is 17.2 Å². The highest BCUT2D eigenvalue weighted by molar-refractivity contribution is 5.85. The first kappa shape index (κ1) is 10.0. The van der Waals surface area contributed by atoms with Crippen LogP contribution < -0.4 is 0 Å². The number of nitriles is 1. The lowest BCUT2D eigenvalue weighted by molar-refractivity contribution is -0.131. The van der Waals surface area contributed by atoms with Gasteiger partial charge in [-0.15, -0.1) is 0 Å². The molecule has 1 aromatic carbocycles. The zero-order chi connectivity index (χ0) is 10.4. The van der Waals surface area contributed by atoms with Crippen LogP contribution >= 0.6 is 0 Å². The number of hydrogen-bond donors (Lipinski definition) is 1. The quantitative estimate of drug-likeness (QED) is 0.734. The molecule has 0 aliphatic heterocycles. The average molecular weight is 187 g/mol. The van der Waals surface area contributed by atoms with Crippen LogP contribution in [-0.2, 0) is 11.2 Å². The number of benzene rings is 1. The van der Waals surface area contributed by atoms with Crippen LogP contribution in [0.3, 0.4) is 0 Å². The molecular weight excluding hydrogens is 178 g/mol. The lowest BCUT2D eigenvalue weighted by atomic mass is 10.0. The smallest absolute Gasteiger partial charge is 0.328 e. The molecule has 3 nitrogen and oxygen atoms in total. The number of carbonyl (C=O) groups is 1. The second-order valence-corrected chi connectivity index (χ2v) is 2.71. The summed E-state index contributed by atoms with van der Waals surface area (Å²) in [4.78, 5) is 10.3. The van der Waals surface area contributed by atoms with Crippen LogP contribution in [0.4, 0.5) is 0 Å². The monoisotopic (exact) mass is 187 g/mol. The average Bonchev–Trinajstić information content (AvgIpc) is 2.17. The molecule has 14 heavy (non-hydrogen) atoms. The van der Waals surface area contributed by atoms with Gasteiger partial charge in [0.25, 0.3) is 0 Å². The first-order chi connectivity index (χ1) is 6.74. The van der Waals surface area contributed by atoms with E-state index < -0.39 is 5.97 Å². The van der Waals surface area contributed by atoms with Crippen molar-refractivity contribution in [2.24, 2.45) is 0 Å². The Bertz CT molecular complexity index is 402. The second kappa shape index (κ2) is 4.83. The molecule has 0 aromatic heterocycles. The summed E-state index contributed by atoms with van der Waals surface area (Å²) in [5.41, 5.74) is 1.61. The summed E-state index contributed by atoms with van der Waals surface area (Å²) in [6.07, 6.45) is 2.85. The predicted molar refractivity (Wildman–Crippen MR) is 52.4 cm³/mol. The Morgan fingerprint density at radius 3 is 2.86 bits per heavy atom. The van der Waals surface area contributed by atoms with Gasteiger partial charge in [-0.25, -0.2) is 4.79 Å². The summed E-state index contributed by atoms with van der Waals surface area (Å²) >= 11 is 0. The van der Waals surface area contributed by atoms with Gasteiger partial charge in [0.05, 0.1) is 12.5 Å². The molecule has 0 radical (unpaired) electrons. The molecule has 0 amide bonds. The Morgan fingerprint density at radius 2 is 2.21 bits per heavy atom. The van der Waals surface area contributed by atoms with Crippen molar-refractivity contribution in [2.45, 2.75) is 6.42 Å². The maximum Gasteiger partial charge on any atom is 0.328 e. The van der Waals surface area contributed by atoms with Gasteiger partial charge in [0.2, 0.25) is 0 Å². The van der Waals surface area contributed by atoms with E-state index in [0.717, 1.165) is 17.2 Å². The van der Waals surface area contributed by atoms with Crippen LogP contribution in [0.25, 0.3) is 6.08 Å². The molecule has 0 saturated carbocycles. The third-order valence-electron chi connectivity index (χ3n) is 1.73. The van der Waals surface area contributed by atoms with Gasteiger partial charge in [-0.1, -0.05) is 24.3 Å². The Hall–Kier alpha value is -2.08. The summed E-state index contributed by atoms with van der Waals surface area (Å²) in [6, 6.07) is 9.26. The van der Waals surface area contributed by atoms with Crippen LogP contribution in [-0.4, -0.2) is 11.1 Å². The molecular formula is C11H9NO2. The number of hydrogen-bond acceptors (Lipinski definition) is 2. The highest BCUT2D eigenvalue weighted by Crippen LogP contribution is 2.10. The molecule has 1 rings (SSSR count). The highest BCUT2D eigenvalue weighted by atomic mass is 16.4. The summed E-state index contributed by atoms with van der Waals surface area (Å²) in [5, 5.41) is 17.0. The minimum Gasteiger partial charge on any atom is -0.478 e. The highest BCUT2D eigenvalue weighted by Gasteiger charge is 1.97. The largest absolute Gasteiger partial charge is 0.478 e. The Morgan fingerprint density at radius 1 is 1.50 bits per heavy atom.